The van der Waals surface area contributed by atoms with Crippen LogP contribution in [-0.2, 0) is 13.1 Å². The highest BCUT2D eigenvalue weighted by molar-refractivity contribution is 6.31. The number of benzene rings is 1. The minimum Gasteiger partial charge on any atom is -0.339 e. The molecule has 0 aliphatic carbocycles. The number of nitrogens with zero attached hydrogens (tertiary/aromatic N) is 4. The molecule has 0 bridgehead atoms. The molecule has 0 amide bonds. The van der Waals surface area contributed by atoms with Crippen LogP contribution in [0.25, 0.3) is 11.2 Å². The van der Waals surface area contributed by atoms with Gasteiger partial charge >= 0.3 is 0 Å². The second kappa shape index (κ2) is 8.95. The zero-order valence-corrected chi connectivity index (χ0v) is 16.4. The van der Waals surface area contributed by atoms with E-state index in [9.17, 15) is 9.60 Å². The Morgan fingerprint density at radius 2 is 2.03 bits per heavy atom. The monoisotopic (exact) mass is 425 g/mol. The number of hydrogen-bond donors (Lipinski definition) is 4. The molecule has 0 atom stereocenters. The molecule has 0 saturated carbocycles. The minimum atomic E-state index is -0.545. The number of hydroxylamine groups is 1. The SMILES string of the molecule is ONC(=Nc1ccc(F)c(Cl)c1)c1ccnc2nc(CNCc3ccccn3)[nH]c12. The molecule has 0 spiro atoms. The van der Waals surface area contributed by atoms with Crippen LogP contribution in [0.3, 0.4) is 0 Å². The van der Waals surface area contributed by atoms with Gasteiger partial charge in [0.2, 0.25) is 0 Å². The molecule has 0 radical (unpaired) electrons. The van der Waals surface area contributed by atoms with Crippen LogP contribution in [0.4, 0.5) is 10.1 Å². The topological polar surface area (TPSA) is 111 Å². The van der Waals surface area contributed by atoms with Crippen LogP contribution in [0.1, 0.15) is 17.1 Å². The molecule has 30 heavy (non-hydrogen) atoms. The van der Waals surface area contributed by atoms with E-state index < -0.39 is 5.82 Å². The molecular weight excluding hydrogens is 409 g/mol. The van der Waals surface area contributed by atoms with Crippen molar-refractivity contribution in [3.05, 3.63) is 82.8 Å². The van der Waals surface area contributed by atoms with Gasteiger partial charge in [0.25, 0.3) is 0 Å². The number of nitrogens with one attached hydrogen (secondary N) is 3. The fraction of sp³-hybridized carbons (Fsp3) is 0.100. The molecular formula is C20H17ClFN7O. The highest BCUT2D eigenvalue weighted by Gasteiger charge is 2.13. The minimum absolute atomic E-state index is 0.0591. The molecule has 8 nitrogen and oxygen atoms in total. The lowest BCUT2D eigenvalue weighted by atomic mass is 10.2. The fourth-order valence-corrected chi connectivity index (χ4v) is 3.06. The average Bonchev–Trinajstić information content (AvgIpc) is 3.18. The van der Waals surface area contributed by atoms with E-state index in [1.807, 2.05) is 18.2 Å². The van der Waals surface area contributed by atoms with E-state index in [4.69, 9.17) is 11.6 Å². The number of fused-ring (bicyclic) bond motifs is 1. The summed E-state index contributed by atoms with van der Waals surface area (Å²) in [4.78, 5) is 20.5. The molecule has 3 aromatic heterocycles. The standard InChI is InChI=1S/C20H17ClFN7O/c21-15-9-12(4-5-16(15)22)26-19(29-30)14-6-8-25-20-18(14)27-17(28-20)11-23-10-13-3-1-2-7-24-13/h1-9,23,30H,10-11H2,(H,26,29)(H,25,27,28). The van der Waals surface area contributed by atoms with Crippen LogP contribution >= 0.6 is 11.6 Å². The lowest BCUT2D eigenvalue weighted by Crippen LogP contribution is -2.20. The summed E-state index contributed by atoms with van der Waals surface area (Å²) >= 11 is 5.81. The normalized spacial score (nSPS) is 11.8. The van der Waals surface area contributed by atoms with Crippen molar-refractivity contribution in [2.24, 2.45) is 4.99 Å². The Balaban J connectivity index is 1.59. The summed E-state index contributed by atoms with van der Waals surface area (Å²) in [6.07, 6.45) is 3.31. The lowest BCUT2D eigenvalue weighted by Gasteiger charge is -2.06. The van der Waals surface area contributed by atoms with E-state index in [1.165, 1.54) is 18.2 Å². The number of hydrogen-bond acceptors (Lipinski definition) is 6. The van der Waals surface area contributed by atoms with E-state index in [-0.39, 0.29) is 10.9 Å². The molecule has 3 heterocycles. The number of rotatable bonds is 6. The zero-order valence-electron chi connectivity index (χ0n) is 15.6. The molecule has 0 fully saturated rings. The molecule has 10 heteroatoms. The van der Waals surface area contributed by atoms with Gasteiger partial charge in [-0.25, -0.2) is 19.4 Å². The smallest absolute Gasteiger partial charge is 0.178 e. The second-order valence-electron chi connectivity index (χ2n) is 6.34. The summed E-state index contributed by atoms with van der Waals surface area (Å²) in [6, 6.07) is 11.4. The largest absolute Gasteiger partial charge is 0.339 e. The molecule has 0 saturated heterocycles. The lowest BCUT2D eigenvalue weighted by molar-refractivity contribution is 0.235. The Bertz CT molecular complexity index is 1200. The van der Waals surface area contributed by atoms with Gasteiger partial charge in [-0.2, -0.15) is 0 Å². The van der Waals surface area contributed by atoms with E-state index >= 15 is 0 Å². The van der Waals surface area contributed by atoms with E-state index in [1.54, 1.807) is 18.5 Å². The molecule has 0 unspecified atom stereocenters. The van der Waals surface area contributed by atoms with Gasteiger partial charge in [-0.1, -0.05) is 17.7 Å². The Hall–Kier alpha value is -3.40. The number of aromatic amines is 1. The molecule has 4 aromatic rings. The first kappa shape index (κ1) is 19.9. The maximum absolute atomic E-state index is 13.4. The van der Waals surface area contributed by atoms with Gasteiger partial charge in [0, 0.05) is 24.5 Å². The number of H-pyrrole nitrogens is 1. The molecule has 1 aromatic carbocycles. The Kier molecular flexibility index (Phi) is 5.94. The summed E-state index contributed by atoms with van der Waals surface area (Å²) in [5.41, 5.74) is 5.00. The first-order valence-electron chi connectivity index (χ1n) is 9.02. The van der Waals surface area contributed by atoms with Gasteiger partial charge in [-0.3, -0.25) is 15.7 Å². The van der Waals surface area contributed by atoms with Crippen LogP contribution in [-0.4, -0.2) is 31.0 Å². The Morgan fingerprint density at radius 3 is 2.80 bits per heavy atom. The number of amidine groups is 1. The number of pyridine rings is 2. The molecule has 0 aliphatic rings. The summed E-state index contributed by atoms with van der Waals surface area (Å²) in [7, 11) is 0. The second-order valence-corrected chi connectivity index (χ2v) is 6.74. The van der Waals surface area contributed by atoms with E-state index in [0.29, 0.717) is 41.3 Å². The first-order chi connectivity index (χ1) is 14.6. The number of aliphatic imine (C=N–C) groups is 1. The maximum Gasteiger partial charge on any atom is 0.178 e. The van der Waals surface area contributed by atoms with Crippen molar-refractivity contribution in [3.63, 3.8) is 0 Å². The molecule has 4 rings (SSSR count). The predicted octanol–water partition coefficient (Wildman–Crippen LogP) is 3.49. The average molecular weight is 426 g/mol. The van der Waals surface area contributed by atoms with Crippen molar-refractivity contribution in [2.75, 3.05) is 0 Å². The van der Waals surface area contributed by atoms with Crippen LogP contribution in [0.15, 0.2) is 59.9 Å². The first-order valence-corrected chi connectivity index (χ1v) is 9.40. The van der Waals surface area contributed by atoms with Crippen LogP contribution in [0.5, 0.6) is 0 Å². The van der Waals surface area contributed by atoms with Crippen molar-refractivity contribution < 1.29 is 9.60 Å². The van der Waals surface area contributed by atoms with E-state index in [2.05, 4.69) is 35.7 Å². The van der Waals surface area contributed by atoms with Gasteiger partial charge in [-0.15, -0.1) is 0 Å². The van der Waals surface area contributed by atoms with Crippen molar-refractivity contribution >= 4 is 34.3 Å². The highest BCUT2D eigenvalue weighted by Crippen LogP contribution is 2.23. The van der Waals surface area contributed by atoms with Crippen molar-refractivity contribution in [1.82, 2.24) is 30.7 Å². The highest BCUT2D eigenvalue weighted by atomic mass is 35.5. The number of aromatic nitrogens is 4. The van der Waals surface area contributed by atoms with Gasteiger partial charge in [0.15, 0.2) is 11.5 Å². The quantitative estimate of drug-likeness (QED) is 0.214. The summed E-state index contributed by atoms with van der Waals surface area (Å²) in [6.45, 7) is 1.06. The van der Waals surface area contributed by atoms with Crippen LogP contribution < -0.4 is 10.8 Å². The van der Waals surface area contributed by atoms with Gasteiger partial charge in [-0.05, 0) is 36.4 Å². The Morgan fingerprint density at radius 1 is 1.13 bits per heavy atom. The number of halogens is 2. The summed E-state index contributed by atoms with van der Waals surface area (Å²) in [5.74, 6) is 0.265. The predicted molar refractivity (Wildman–Crippen MR) is 111 cm³/mol. The van der Waals surface area contributed by atoms with Crippen molar-refractivity contribution in [2.45, 2.75) is 13.1 Å². The third kappa shape index (κ3) is 4.43. The molecule has 0 aliphatic heterocycles. The van der Waals surface area contributed by atoms with Crippen LogP contribution in [0.2, 0.25) is 5.02 Å². The van der Waals surface area contributed by atoms with Crippen molar-refractivity contribution in [3.8, 4) is 0 Å². The zero-order chi connectivity index (χ0) is 20.9. The maximum atomic E-state index is 13.4. The van der Waals surface area contributed by atoms with Gasteiger partial charge in [0.05, 0.1) is 28.5 Å². The van der Waals surface area contributed by atoms with E-state index in [0.717, 1.165) is 5.69 Å². The molecule has 4 N–H and O–H groups in total. The van der Waals surface area contributed by atoms with Gasteiger partial charge < -0.3 is 10.3 Å². The third-order valence-corrected chi connectivity index (χ3v) is 4.56. The van der Waals surface area contributed by atoms with Gasteiger partial charge in [0.1, 0.15) is 11.6 Å². The fourth-order valence-electron chi connectivity index (χ4n) is 2.88. The third-order valence-electron chi connectivity index (χ3n) is 4.27. The summed E-state index contributed by atoms with van der Waals surface area (Å²) < 4.78 is 13.4. The molecule has 152 valence electrons. The van der Waals surface area contributed by atoms with Crippen molar-refractivity contribution in [1.29, 1.82) is 0 Å². The number of imidazole rings is 1. The Labute approximate surface area is 175 Å². The van der Waals surface area contributed by atoms with Crippen LogP contribution in [0, 0.1) is 5.82 Å². The summed E-state index contributed by atoms with van der Waals surface area (Å²) in [5, 5.41) is 12.8.